The van der Waals surface area contributed by atoms with E-state index in [1.54, 1.807) is 4.90 Å². The maximum absolute atomic E-state index is 13.0. The van der Waals surface area contributed by atoms with Crippen molar-refractivity contribution in [2.75, 3.05) is 26.2 Å². The third-order valence-electron chi connectivity index (χ3n) is 7.58. The van der Waals surface area contributed by atoms with Crippen LogP contribution in [-0.4, -0.2) is 86.4 Å². The maximum atomic E-state index is 13.0. The molecule has 4 rings (SSSR count). The van der Waals surface area contributed by atoms with Gasteiger partial charge in [0.05, 0.1) is 28.4 Å². The minimum absolute atomic E-state index is 0.0118. The number of nitro benzene ring substituents is 2. The molecule has 0 aliphatic carbocycles. The van der Waals surface area contributed by atoms with E-state index in [0.717, 1.165) is 0 Å². The van der Waals surface area contributed by atoms with Crippen LogP contribution in [0.1, 0.15) is 30.4 Å². The third-order valence-corrected chi connectivity index (χ3v) is 7.96. The molecule has 44 heavy (non-hydrogen) atoms. The number of carbonyl (C=O) groups is 3. The Balaban J connectivity index is 1.19. The predicted octanol–water partition coefficient (Wildman–Crippen LogP) is 3.04. The quantitative estimate of drug-likeness (QED) is 0.188. The van der Waals surface area contributed by atoms with E-state index < -0.39 is 34.2 Å². The molecule has 4 atom stereocenters. The number of thiol groups is 1. The average molecular weight is 632 g/mol. The summed E-state index contributed by atoms with van der Waals surface area (Å²) < 4.78 is 10.5. The van der Waals surface area contributed by atoms with Crippen molar-refractivity contribution in [1.82, 2.24) is 15.1 Å². The predicted molar refractivity (Wildman–Crippen MR) is 158 cm³/mol. The summed E-state index contributed by atoms with van der Waals surface area (Å²) in [5, 5.41) is 34.9. The van der Waals surface area contributed by atoms with Crippen LogP contribution in [0.3, 0.4) is 0 Å². The number of likely N-dealkylation sites (tertiary alicyclic amines) is 2. The first-order valence-corrected chi connectivity index (χ1v) is 14.5. The van der Waals surface area contributed by atoms with Gasteiger partial charge in [-0.25, -0.2) is 9.59 Å². The number of amides is 3. The van der Waals surface area contributed by atoms with Crippen molar-refractivity contribution >= 4 is 42.1 Å². The lowest BCUT2D eigenvalue weighted by Crippen LogP contribution is -2.45. The van der Waals surface area contributed by atoms with Gasteiger partial charge >= 0.3 is 12.2 Å². The van der Waals surface area contributed by atoms with Gasteiger partial charge in [0.2, 0.25) is 5.91 Å². The second-order valence-electron chi connectivity index (χ2n) is 10.7. The van der Waals surface area contributed by atoms with Crippen molar-refractivity contribution in [1.29, 1.82) is 0 Å². The molecule has 0 aromatic heterocycles. The lowest BCUT2D eigenvalue weighted by atomic mass is 10.0. The number of rotatable bonds is 11. The van der Waals surface area contributed by atoms with E-state index in [2.05, 4.69) is 17.9 Å². The number of nitro groups is 2. The highest BCUT2D eigenvalue weighted by Gasteiger charge is 2.40. The van der Waals surface area contributed by atoms with E-state index in [4.69, 9.17) is 9.47 Å². The van der Waals surface area contributed by atoms with Gasteiger partial charge in [0.25, 0.3) is 11.4 Å². The van der Waals surface area contributed by atoms with Crippen molar-refractivity contribution < 1.29 is 38.8 Å². The van der Waals surface area contributed by atoms with Crippen molar-refractivity contribution in [2.24, 2.45) is 5.92 Å². The van der Waals surface area contributed by atoms with Gasteiger partial charge in [0.15, 0.2) is 0 Å². The van der Waals surface area contributed by atoms with Crippen molar-refractivity contribution in [2.45, 2.75) is 49.9 Å². The number of ether oxygens (including phenoxy) is 2. The number of nitrogens with one attached hydrogen (secondary N) is 1. The second kappa shape index (κ2) is 14.8. The molecule has 236 valence electrons. The molecule has 0 radical (unpaired) electrons. The molecule has 3 amide bonds. The molecule has 1 unspecified atom stereocenters. The molecule has 15 nitrogen and oxygen atoms in total. The molecule has 2 saturated heterocycles. The van der Waals surface area contributed by atoms with E-state index >= 15 is 0 Å². The Morgan fingerprint density at radius 1 is 0.955 bits per heavy atom. The van der Waals surface area contributed by atoms with Crippen LogP contribution < -0.4 is 5.32 Å². The molecule has 0 spiro atoms. The summed E-state index contributed by atoms with van der Waals surface area (Å²) in [5.74, 6) is -0.287. The summed E-state index contributed by atoms with van der Waals surface area (Å²) in [6, 6.07) is 10.6. The summed E-state index contributed by atoms with van der Waals surface area (Å²) in [6.45, 7) is 1.19. The summed E-state index contributed by atoms with van der Waals surface area (Å²) in [6.07, 6.45) is -1.64. The highest BCUT2D eigenvalue weighted by atomic mass is 32.1. The van der Waals surface area contributed by atoms with Crippen LogP contribution >= 0.6 is 12.6 Å². The Labute approximate surface area is 257 Å². The van der Waals surface area contributed by atoms with Crippen LogP contribution in [0.25, 0.3) is 0 Å². The first-order valence-electron chi connectivity index (χ1n) is 13.9. The van der Waals surface area contributed by atoms with Crippen LogP contribution in [0, 0.1) is 26.1 Å². The topological polar surface area (TPSA) is 195 Å². The normalized spacial score (nSPS) is 20.2. The maximum Gasteiger partial charge on any atom is 0.410 e. The van der Waals surface area contributed by atoms with E-state index in [1.807, 2.05) is 0 Å². The van der Waals surface area contributed by atoms with Crippen molar-refractivity contribution in [3.8, 4) is 0 Å². The molecule has 16 heteroatoms. The van der Waals surface area contributed by atoms with Gasteiger partial charge in [0, 0.05) is 55.7 Å². The molecule has 2 aromatic rings. The number of aliphatic hydroxyl groups is 1. The minimum Gasteiger partial charge on any atom is -0.445 e. The molecule has 0 saturated carbocycles. The van der Waals surface area contributed by atoms with Crippen molar-refractivity contribution in [3.63, 3.8) is 0 Å². The van der Waals surface area contributed by atoms with Crippen LogP contribution in [0.15, 0.2) is 48.5 Å². The zero-order chi connectivity index (χ0) is 31.8. The monoisotopic (exact) mass is 631 g/mol. The highest BCUT2D eigenvalue weighted by molar-refractivity contribution is 7.81. The summed E-state index contributed by atoms with van der Waals surface area (Å²) in [5.41, 5.74) is 1.03. The number of alkyl carbamates (subject to hydrolysis) is 1. The Morgan fingerprint density at radius 3 is 2.09 bits per heavy atom. The molecule has 2 aliphatic rings. The molecule has 2 aliphatic heterocycles. The van der Waals surface area contributed by atoms with Crippen LogP contribution in [-0.2, 0) is 27.5 Å². The summed E-state index contributed by atoms with van der Waals surface area (Å²) in [7, 11) is 0. The number of nitrogens with zero attached hydrogens (tertiary/aromatic N) is 4. The van der Waals surface area contributed by atoms with Crippen molar-refractivity contribution in [3.05, 3.63) is 79.9 Å². The number of benzene rings is 2. The fourth-order valence-corrected chi connectivity index (χ4v) is 5.56. The van der Waals surface area contributed by atoms with Gasteiger partial charge in [0.1, 0.15) is 13.2 Å². The summed E-state index contributed by atoms with van der Waals surface area (Å²) in [4.78, 5) is 61.4. The van der Waals surface area contributed by atoms with Gasteiger partial charge in [-0.2, -0.15) is 12.6 Å². The second-order valence-corrected chi connectivity index (χ2v) is 11.5. The van der Waals surface area contributed by atoms with Crippen LogP contribution in [0.5, 0.6) is 0 Å². The molecule has 0 bridgehead atoms. The lowest BCUT2D eigenvalue weighted by Gasteiger charge is -2.28. The van der Waals surface area contributed by atoms with Crippen LogP contribution in [0.4, 0.5) is 21.0 Å². The first-order chi connectivity index (χ1) is 21.0. The van der Waals surface area contributed by atoms with Gasteiger partial charge in [-0.15, -0.1) is 0 Å². The van der Waals surface area contributed by atoms with Gasteiger partial charge < -0.3 is 29.7 Å². The number of non-ortho nitro benzene ring substituents is 2. The highest BCUT2D eigenvalue weighted by Crippen LogP contribution is 2.28. The molecule has 2 aromatic carbocycles. The fraction of sp³-hybridized carbons (Fsp3) is 0.464. The lowest BCUT2D eigenvalue weighted by molar-refractivity contribution is -0.385. The first kappa shape index (κ1) is 32.5. The number of aliphatic hydroxyl groups excluding tert-OH is 1. The Kier molecular flexibility index (Phi) is 10.9. The number of hydrogen-bond donors (Lipinski definition) is 3. The van der Waals surface area contributed by atoms with E-state index in [-0.39, 0.29) is 61.2 Å². The van der Waals surface area contributed by atoms with E-state index in [1.165, 1.54) is 53.4 Å². The molecular formula is C28H33N5O10S. The number of hydrogen-bond acceptors (Lipinski definition) is 11. The molecule has 2 N–H and O–H groups in total. The largest absolute Gasteiger partial charge is 0.445 e. The Morgan fingerprint density at radius 2 is 1.52 bits per heavy atom. The zero-order valence-electron chi connectivity index (χ0n) is 23.6. The number of carbonyl (C=O) groups excluding carboxylic acids is 3. The average Bonchev–Trinajstić information content (AvgIpc) is 3.65. The Bertz CT molecular complexity index is 1360. The standard InChI is InChI=1S/C28H33N5O10S/c34-25(24-11-23(44)15-31(24)28(37)43-17-19-3-7-22(8-4-19)33(40)41)12-26(35)30-10-9-20(14-30)13-29-27(36)42-16-18-1-5-21(6-2-18)32(38)39/h1-8,20,23-25,34,44H,9-17H2,(H,29,36)/t20-,23-,24-,25?/m0/s1. The minimum atomic E-state index is -1.14. The molecule has 2 heterocycles. The third kappa shape index (κ3) is 8.79. The van der Waals surface area contributed by atoms with Crippen LogP contribution in [0.2, 0.25) is 0 Å². The van der Waals surface area contributed by atoms with E-state index in [9.17, 15) is 39.7 Å². The SMILES string of the molecule is O=C(NC[C@@H]1CCN(C(=O)CC(O)[C@@H]2C[C@H](S)CN2C(=O)OCc2ccc([N+](=O)[O-])cc2)C1)OCc1ccc([N+](=O)[O-])cc1. The van der Waals surface area contributed by atoms with E-state index in [0.29, 0.717) is 37.1 Å². The zero-order valence-corrected chi connectivity index (χ0v) is 24.5. The summed E-state index contributed by atoms with van der Waals surface area (Å²) >= 11 is 4.46. The van der Waals surface area contributed by atoms with Gasteiger partial charge in [-0.3, -0.25) is 25.0 Å². The van der Waals surface area contributed by atoms with Gasteiger partial charge in [-0.1, -0.05) is 0 Å². The Hall–Kier alpha value is -4.44. The fourth-order valence-electron chi connectivity index (χ4n) is 5.17. The van der Waals surface area contributed by atoms with Gasteiger partial charge in [-0.05, 0) is 54.2 Å². The molecular weight excluding hydrogens is 598 g/mol. The molecule has 2 fully saturated rings. The smallest absolute Gasteiger partial charge is 0.410 e.